The SMILES string of the molecule is CCCCCN(C)CC(C)c1ccc(OC(=O)C(CC)c2ccccc2)cc1. The molecule has 0 fully saturated rings. The maximum absolute atomic E-state index is 12.6. The molecule has 2 unspecified atom stereocenters. The Balaban J connectivity index is 1.91. The molecule has 0 aliphatic carbocycles. The minimum atomic E-state index is -0.225. The molecule has 2 rings (SSSR count). The normalized spacial score (nSPS) is 13.3. The summed E-state index contributed by atoms with van der Waals surface area (Å²) >= 11 is 0. The van der Waals surface area contributed by atoms with Crippen molar-refractivity contribution in [2.24, 2.45) is 0 Å². The summed E-state index contributed by atoms with van der Waals surface area (Å²) in [5.74, 6) is 0.650. The number of hydrogen-bond donors (Lipinski definition) is 0. The number of carbonyl (C=O) groups excluding carboxylic acids is 1. The zero-order chi connectivity index (χ0) is 20.4. The highest BCUT2D eigenvalue weighted by Crippen LogP contribution is 2.24. The van der Waals surface area contributed by atoms with E-state index >= 15 is 0 Å². The molecule has 28 heavy (non-hydrogen) atoms. The highest BCUT2D eigenvalue weighted by Gasteiger charge is 2.20. The van der Waals surface area contributed by atoms with Crippen LogP contribution in [0.5, 0.6) is 5.75 Å². The summed E-state index contributed by atoms with van der Waals surface area (Å²) < 4.78 is 5.65. The van der Waals surface area contributed by atoms with Gasteiger partial charge >= 0.3 is 5.97 Å². The fraction of sp³-hybridized carbons (Fsp3) is 0.480. The predicted octanol–water partition coefficient (Wildman–Crippen LogP) is 6.01. The van der Waals surface area contributed by atoms with E-state index in [2.05, 4.69) is 37.9 Å². The first-order valence-corrected chi connectivity index (χ1v) is 10.6. The van der Waals surface area contributed by atoms with E-state index in [1.54, 1.807) is 0 Å². The molecule has 0 N–H and O–H groups in total. The molecule has 2 aromatic carbocycles. The first-order valence-electron chi connectivity index (χ1n) is 10.6. The fourth-order valence-electron chi connectivity index (χ4n) is 3.57. The molecule has 0 radical (unpaired) electrons. The number of hydrogen-bond acceptors (Lipinski definition) is 3. The van der Waals surface area contributed by atoms with Gasteiger partial charge in [-0.3, -0.25) is 4.79 Å². The van der Waals surface area contributed by atoms with E-state index in [1.165, 1.54) is 24.8 Å². The molecule has 0 aliphatic heterocycles. The number of esters is 1. The van der Waals surface area contributed by atoms with Gasteiger partial charge in [0.15, 0.2) is 0 Å². The van der Waals surface area contributed by atoms with Crippen LogP contribution in [0.1, 0.15) is 69.4 Å². The average Bonchev–Trinajstić information content (AvgIpc) is 2.70. The van der Waals surface area contributed by atoms with E-state index in [9.17, 15) is 4.79 Å². The molecule has 0 heterocycles. The van der Waals surface area contributed by atoms with Crippen LogP contribution in [0.15, 0.2) is 54.6 Å². The van der Waals surface area contributed by atoms with Crippen LogP contribution in [0.3, 0.4) is 0 Å². The lowest BCUT2D eigenvalue weighted by Gasteiger charge is -2.21. The van der Waals surface area contributed by atoms with Crippen LogP contribution in [0, 0.1) is 0 Å². The third-order valence-electron chi connectivity index (χ3n) is 5.29. The third kappa shape index (κ3) is 6.79. The van der Waals surface area contributed by atoms with E-state index in [0.717, 1.165) is 25.1 Å². The van der Waals surface area contributed by atoms with Gasteiger partial charge in [-0.25, -0.2) is 0 Å². The molecule has 2 atom stereocenters. The van der Waals surface area contributed by atoms with Crippen LogP contribution in [0.25, 0.3) is 0 Å². The van der Waals surface area contributed by atoms with E-state index in [1.807, 2.05) is 49.4 Å². The minimum Gasteiger partial charge on any atom is -0.426 e. The number of nitrogens with zero attached hydrogens (tertiary/aromatic N) is 1. The summed E-state index contributed by atoms with van der Waals surface area (Å²) in [5, 5.41) is 0. The van der Waals surface area contributed by atoms with Crippen molar-refractivity contribution < 1.29 is 9.53 Å². The highest BCUT2D eigenvalue weighted by atomic mass is 16.5. The Hall–Kier alpha value is -2.13. The van der Waals surface area contributed by atoms with Crippen LogP contribution in [0.4, 0.5) is 0 Å². The zero-order valence-corrected chi connectivity index (χ0v) is 17.9. The maximum atomic E-state index is 12.6. The van der Waals surface area contributed by atoms with Gasteiger partial charge in [0.25, 0.3) is 0 Å². The van der Waals surface area contributed by atoms with Gasteiger partial charge in [0.2, 0.25) is 0 Å². The van der Waals surface area contributed by atoms with Crippen molar-refractivity contribution in [3.05, 3.63) is 65.7 Å². The largest absolute Gasteiger partial charge is 0.426 e. The van der Waals surface area contributed by atoms with E-state index in [0.29, 0.717) is 11.7 Å². The summed E-state index contributed by atoms with van der Waals surface area (Å²) in [6.07, 6.45) is 4.53. The zero-order valence-electron chi connectivity index (χ0n) is 17.9. The van der Waals surface area contributed by atoms with Gasteiger partial charge in [-0.2, -0.15) is 0 Å². The molecule has 152 valence electrons. The standard InChI is InChI=1S/C25H35NO2/c1-5-7-11-18-26(4)19-20(3)21-14-16-23(17-15-21)28-25(27)24(6-2)22-12-9-8-10-13-22/h8-10,12-17,20,24H,5-7,11,18-19H2,1-4H3. The Bertz CT molecular complexity index is 696. The maximum Gasteiger partial charge on any atom is 0.318 e. The van der Waals surface area contributed by atoms with Gasteiger partial charge in [0.1, 0.15) is 5.75 Å². The Morgan fingerprint density at radius 1 is 0.964 bits per heavy atom. The Morgan fingerprint density at radius 2 is 1.64 bits per heavy atom. The molecular formula is C25H35NO2. The summed E-state index contributed by atoms with van der Waals surface area (Å²) in [7, 11) is 2.19. The number of unbranched alkanes of at least 4 members (excludes halogenated alkanes) is 2. The summed E-state index contributed by atoms with van der Waals surface area (Å²) in [5.41, 5.74) is 2.28. The van der Waals surface area contributed by atoms with Crippen molar-refractivity contribution >= 4 is 5.97 Å². The lowest BCUT2D eigenvalue weighted by molar-refractivity contribution is -0.136. The second-order valence-electron chi connectivity index (χ2n) is 7.73. The molecule has 0 saturated heterocycles. The van der Waals surface area contributed by atoms with Crippen molar-refractivity contribution in [2.75, 3.05) is 20.1 Å². The van der Waals surface area contributed by atoms with Crippen LogP contribution in [-0.4, -0.2) is 31.0 Å². The Labute approximate surface area is 170 Å². The van der Waals surface area contributed by atoms with Crippen molar-refractivity contribution in [1.82, 2.24) is 4.90 Å². The molecule has 0 amide bonds. The number of likely N-dealkylation sites (N-methyl/N-ethyl adjacent to an activating group) is 1. The number of benzene rings is 2. The number of rotatable bonds is 11. The van der Waals surface area contributed by atoms with Crippen molar-refractivity contribution in [1.29, 1.82) is 0 Å². The second kappa shape index (κ2) is 11.7. The summed E-state index contributed by atoms with van der Waals surface area (Å²) in [6.45, 7) is 8.68. The summed E-state index contributed by atoms with van der Waals surface area (Å²) in [6, 6.07) is 17.8. The Morgan fingerprint density at radius 3 is 2.25 bits per heavy atom. The van der Waals surface area contributed by atoms with E-state index in [-0.39, 0.29) is 11.9 Å². The van der Waals surface area contributed by atoms with Gasteiger partial charge in [-0.05, 0) is 55.6 Å². The second-order valence-corrected chi connectivity index (χ2v) is 7.73. The van der Waals surface area contributed by atoms with E-state index < -0.39 is 0 Å². The van der Waals surface area contributed by atoms with Gasteiger partial charge in [0.05, 0.1) is 5.92 Å². The van der Waals surface area contributed by atoms with Gasteiger partial charge in [-0.15, -0.1) is 0 Å². The van der Waals surface area contributed by atoms with Gasteiger partial charge < -0.3 is 9.64 Å². The lowest BCUT2D eigenvalue weighted by Crippen LogP contribution is -2.24. The Kier molecular flexibility index (Phi) is 9.22. The first kappa shape index (κ1) is 22.2. The molecule has 3 heteroatoms. The fourth-order valence-corrected chi connectivity index (χ4v) is 3.57. The van der Waals surface area contributed by atoms with E-state index in [4.69, 9.17) is 4.74 Å². The molecule has 0 spiro atoms. The number of carbonyl (C=O) groups is 1. The molecule has 0 saturated carbocycles. The van der Waals surface area contributed by atoms with Crippen LogP contribution < -0.4 is 4.74 Å². The van der Waals surface area contributed by atoms with Crippen molar-refractivity contribution in [3.63, 3.8) is 0 Å². The quantitative estimate of drug-likeness (QED) is 0.271. The first-order chi connectivity index (χ1) is 13.5. The van der Waals surface area contributed by atoms with Crippen molar-refractivity contribution in [3.8, 4) is 5.75 Å². The minimum absolute atomic E-state index is 0.190. The van der Waals surface area contributed by atoms with Gasteiger partial charge in [0, 0.05) is 6.54 Å². The van der Waals surface area contributed by atoms with Crippen molar-refractivity contribution in [2.45, 2.75) is 58.3 Å². The average molecular weight is 382 g/mol. The van der Waals surface area contributed by atoms with Gasteiger partial charge in [-0.1, -0.05) is 76.1 Å². The summed E-state index contributed by atoms with van der Waals surface area (Å²) in [4.78, 5) is 15.0. The van der Waals surface area contributed by atoms with Crippen LogP contribution in [0.2, 0.25) is 0 Å². The molecular weight excluding hydrogens is 346 g/mol. The molecule has 0 aliphatic rings. The predicted molar refractivity (Wildman–Crippen MR) is 117 cm³/mol. The molecule has 2 aromatic rings. The topological polar surface area (TPSA) is 29.5 Å². The molecule has 3 nitrogen and oxygen atoms in total. The lowest BCUT2D eigenvalue weighted by atomic mass is 9.97. The van der Waals surface area contributed by atoms with Crippen LogP contribution >= 0.6 is 0 Å². The molecule has 0 bridgehead atoms. The highest BCUT2D eigenvalue weighted by molar-refractivity contribution is 5.80. The van der Waals surface area contributed by atoms with Crippen LogP contribution in [-0.2, 0) is 4.79 Å². The number of ether oxygens (including phenoxy) is 1. The monoisotopic (exact) mass is 381 g/mol. The third-order valence-corrected chi connectivity index (χ3v) is 5.29. The molecule has 0 aromatic heterocycles. The smallest absolute Gasteiger partial charge is 0.318 e.